The van der Waals surface area contributed by atoms with Crippen LogP contribution < -0.4 is 4.31 Å². The number of aliphatic hydroxyl groups excluding tert-OH is 1. The number of hydrogen-bond donors (Lipinski definition) is 1. The van der Waals surface area contributed by atoms with E-state index in [4.69, 9.17) is 0 Å². The van der Waals surface area contributed by atoms with E-state index in [0.29, 0.717) is 61.9 Å². The van der Waals surface area contributed by atoms with Crippen molar-refractivity contribution < 1.29 is 31.5 Å². The highest BCUT2D eigenvalue weighted by Gasteiger charge is 2.58. The van der Waals surface area contributed by atoms with Gasteiger partial charge >= 0.3 is 6.18 Å². The van der Waals surface area contributed by atoms with E-state index in [-0.39, 0.29) is 18.1 Å². The van der Waals surface area contributed by atoms with Crippen LogP contribution in [0.2, 0.25) is 0 Å². The van der Waals surface area contributed by atoms with Crippen LogP contribution in [0.1, 0.15) is 90.9 Å². The number of benzene rings is 3. The van der Waals surface area contributed by atoms with E-state index >= 15 is 0 Å². The van der Waals surface area contributed by atoms with Gasteiger partial charge in [0.1, 0.15) is 4.75 Å². The molecule has 1 saturated carbocycles. The fraction of sp³-hybridized carbons (Fsp3) is 0.447. The molecule has 4 aromatic rings. The van der Waals surface area contributed by atoms with Crippen LogP contribution in [0.25, 0.3) is 10.9 Å². The third kappa shape index (κ3) is 6.41. The maximum absolute atomic E-state index is 14.1. The molecule has 0 bridgehead atoms. The average Bonchev–Trinajstić information content (AvgIpc) is 3.79. The topological polar surface area (TPSA) is 79.6 Å². The fourth-order valence-corrected chi connectivity index (χ4v) is 9.36. The highest BCUT2D eigenvalue weighted by Crippen LogP contribution is 2.51. The molecule has 3 aromatic carbocycles. The summed E-state index contributed by atoms with van der Waals surface area (Å²) in [6.07, 6.45) is 0.493. The zero-order chi connectivity index (χ0) is 34.4. The summed E-state index contributed by atoms with van der Waals surface area (Å²) >= 11 is 0. The number of Topliss-reactive ketones (excluding diaryl/α,β-unsaturated/α-hetero) is 1. The maximum Gasteiger partial charge on any atom is 0.416 e. The van der Waals surface area contributed by atoms with Crippen LogP contribution in [0.3, 0.4) is 0 Å². The Labute approximate surface area is 280 Å². The van der Waals surface area contributed by atoms with Gasteiger partial charge in [0, 0.05) is 37.2 Å². The lowest BCUT2D eigenvalue weighted by atomic mass is 9.83. The molecule has 0 unspecified atom stereocenters. The number of alkyl halides is 3. The zero-order valence-electron chi connectivity index (χ0n) is 27.6. The number of carbonyl (C=O) groups is 1. The maximum atomic E-state index is 14.1. The zero-order valence-corrected chi connectivity index (χ0v) is 28.4. The van der Waals surface area contributed by atoms with Gasteiger partial charge in [-0.3, -0.25) is 9.10 Å². The molecule has 1 N–H and O–H groups in total. The van der Waals surface area contributed by atoms with Crippen LogP contribution >= 0.6 is 0 Å². The van der Waals surface area contributed by atoms with E-state index in [1.54, 1.807) is 19.2 Å². The minimum atomic E-state index is -4.44. The molecule has 1 aromatic heterocycles. The average molecular weight is 681 g/mol. The van der Waals surface area contributed by atoms with Crippen molar-refractivity contribution in [2.75, 3.05) is 11.4 Å². The number of aliphatic hydroxyl groups is 1. The first kappa shape index (κ1) is 34.2. The molecular weight excluding hydrogens is 637 g/mol. The van der Waals surface area contributed by atoms with Crippen molar-refractivity contribution in [2.24, 2.45) is 5.92 Å². The SMILES string of the molecule is CCc1cn2c3c(cc(C(=O)C[C@@H](Cc4ccccc4)[C@H](O)CC[C@@H](CC)c4cccc(C(F)(F)F)c4)cc13)N(C)S(=O)(=O)C1(CC1)C2. The first-order valence-electron chi connectivity index (χ1n) is 16.8. The van der Waals surface area contributed by atoms with Crippen molar-refractivity contribution in [3.8, 4) is 0 Å². The fourth-order valence-electron chi connectivity index (χ4n) is 7.46. The second-order valence-electron chi connectivity index (χ2n) is 13.6. The molecule has 3 atom stereocenters. The third-order valence-corrected chi connectivity index (χ3v) is 13.1. The molecule has 2 heterocycles. The molecular formula is C38H43F3N2O4S. The lowest BCUT2D eigenvalue weighted by Gasteiger charge is -2.26. The van der Waals surface area contributed by atoms with Gasteiger partial charge in [0.15, 0.2) is 5.78 Å². The van der Waals surface area contributed by atoms with Crippen LogP contribution in [0, 0.1) is 5.92 Å². The number of anilines is 1. The highest BCUT2D eigenvalue weighted by atomic mass is 32.2. The van der Waals surface area contributed by atoms with E-state index in [0.717, 1.165) is 34.5 Å². The number of ketones is 1. The number of sulfonamides is 1. The Morgan fingerprint density at radius 1 is 1.00 bits per heavy atom. The molecule has 48 heavy (non-hydrogen) atoms. The summed E-state index contributed by atoms with van der Waals surface area (Å²) in [4.78, 5) is 14.1. The number of halogens is 3. The van der Waals surface area contributed by atoms with Crippen molar-refractivity contribution in [1.29, 1.82) is 0 Å². The van der Waals surface area contributed by atoms with Crippen molar-refractivity contribution in [3.05, 3.63) is 101 Å². The first-order chi connectivity index (χ1) is 22.8. The van der Waals surface area contributed by atoms with Gasteiger partial charge in [-0.25, -0.2) is 8.42 Å². The van der Waals surface area contributed by atoms with Crippen LogP contribution in [0.5, 0.6) is 0 Å². The quantitative estimate of drug-likeness (QED) is 0.153. The normalized spacial score (nSPS) is 18.4. The highest BCUT2D eigenvalue weighted by molar-refractivity contribution is 7.94. The van der Waals surface area contributed by atoms with Crippen LogP contribution in [-0.4, -0.2) is 41.8 Å². The van der Waals surface area contributed by atoms with Crippen molar-refractivity contribution in [2.45, 2.75) is 94.7 Å². The third-order valence-electron chi connectivity index (χ3n) is 10.6. The Kier molecular flexibility index (Phi) is 9.28. The van der Waals surface area contributed by atoms with Gasteiger partial charge in [-0.2, -0.15) is 13.2 Å². The van der Waals surface area contributed by atoms with Crippen LogP contribution in [-0.2, 0) is 35.6 Å². The van der Waals surface area contributed by atoms with E-state index in [1.165, 1.54) is 16.4 Å². The minimum Gasteiger partial charge on any atom is -0.393 e. The number of nitrogens with zero attached hydrogens (tertiary/aromatic N) is 2. The summed E-state index contributed by atoms with van der Waals surface area (Å²) in [5.74, 6) is -0.831. The van der Waals surface area contributed by atoms with Crippen LogP contribution in [0.4, 0.5) is 18.9 Å². The molecule has 6 rings (SSSR count). The van der Waals surface area contributed by atoms with Crippen LogP contribution in [0.15, 0.2) is 72.9 Å². The molecule has 256 valence electrons. The Morgan fingerprint density at radius 3 is 2.38 bits per heavy atom. The molecule has 1 aliphatic carbocycles. The molecule has 10 heteroatoms. The molecule has 0 amide bonds. The molecule has 2 aliphatic rings. The van der Waals surface area contributed by atoms with Gasteiger partial charge in [0.2, 0.25) is 10.0 Å². The second kappa shape index (κ2) is 13.0. The summed E-state index contributed by atoms with van der Waals surface area (Å²) in [5.41, 5.74) is 3.62. The van der Waals surface area contributed by atoms with Gasteiger partial charge in [0.25, 0.3) is 0 Å². The molecule has 1 spiro atoms. The number of carbonyl (C=O) groups excluding carboxylic acids is 1. The molecule has 0 saturated heterocycles. The standard InChI is InChI=1S/C38H43F3N2O4S/c1-4-26(28-12-9-13-31(19-28)38(39,40)41)14-15-34(44)29(18-25-10-7-6-8-11-25)22-35(45)30-20-32-27(5-2)23-43-24-37(16-17-37)48(46,47)42(3)33(21-30)36(32)43/h6-13,19-21,23,26,29,34,44H,4-5,14-18,22,24H2,1-3H3/t26-,29-,34-/m1/s1. The smallest absolute Gasteiger partial charge is 0.393 e. The number of aryl methyl sites for hydroxylation is 1. The number of aromatic nitrogens is 1. The lowest BCUT2D eigenvalue weighted by molar-refractivity contribution is -0.137. The van der Waals surface area contributed by atoms with Gasteiger partial charge in [-0.15, -0.1) is 0 Å². The molecule has 1 fully saturated rings. The van der Waals surface area contributed by atoms with Gasteiger partial charge < -0.3 is 9.67 Å². The van der Waals surface area contributed by atoms with Crippen molar-refractivity contribution >= 4 is 32.4 Å². The number of rotatable bonds is 12. The van der Waals surface area contributed by atoms with Gasteiger partial charge in [0.05, 0.1) is 22.9 Å². The predicted molar refractivity (Wildman–Crippen MR) is 183 cm³/mol. The van der Waals surface area contributed by atoms with E-state index < -0.39 is 38.5 Å². The Bertz CT molecular complexity index is 1920. The second-order valence-corrected chi connectivity index (χ2v) is 16.0. The Hall–Kier alpha value is -3.63. The monoisotopic (exact) mass is 680 g/mol. The van der Waals surface area contributed by atoms with Gasteiger partial charge in [-0.05, 0) is 91.7 Å². The minimum absolute atomic E-state index is 0.0317. The first-order valence-corrected chi connectivity index (χ1v) is 18.3. The summed E-state index contributed by atoms with van der Waals surface area (Å²) < 4.78 is 70.2. The van der Waals surface area contributed by atoms with E-state index in [9.17, 15) is 31.5 Å². The van der Waals surface area contributed by atoms with Crippen molar-refractivity contribution in [3.63, 3.8) is 0 Å². The summed E-state index contributed by atoms with van der Waals surface area (Å²) in [5, 5.41) is 12.5. The molecule has 1 aliphatic heterocycles. The summed E-state index contributed by atoms with van der Waals surface area (Å²) in [7, 11) is -2.07. The number of hydrogen-bond acceptors (Lipinski definition) is 4. The van der Waals surface area contributed by atoms with Crippen molar-refractivity contribution in [1.82, 2.24) is 4.57 Å². The summed E-state index contributed by atoms with van der Waals surface area (Å²) in [6, 6.07) is 18.5. The Morgan fingerprint density at radius 2 is 1.73 bits per heavy atom. The largest absolute Gasteiger partial charge is 0.416 e. The Balaban J connectivity index is 1.28. The van der Waals surface area contributed by atoms with Gasteiger partial charge in [-0.1, -0.05) is 62.4 Å². The van der Waals surface area contributed by atoms with E-state index in [1.807, 2.05) is 61.0 Å². The molecule has 6 nitrogen and oxygen atoms in total. The molecule has 0 radical (unpaired) electrons. The predicted octanol–water partition coefficient (Wildman–Crippen LogP) is 8.30. The van der Waals surface area contributed by atoms with E-state index in [2.05, 4.69) is 0 Å². The summed E-state index contributed by atoms with van der Waals surface area (Å²) in [6.45, 7) is 4.36. The lowest BCUT2D eigenvalue weighted by Crippen LogP contribution is -2.38.